The molecule has 3 heteroatoms. The first-order valence-corrected chi connectivity index (χ1v) is 6.11. The molecular weight excluding hydrogens is 174 g/mol. The molecule has 1 saturated heterocycles. The lowest BCUT2D eigenvalue weighted by Gasteiger charge is -2.29. The highest BCUT2D eigenvalue weighted by Crippen LogP contribution is 2.19. The van der Waals surface area contributed by atoms with Gasteiger partial charge in [-0.2, -0.15) is 0 Å². The minimum atomic E-state index is 0.602. The monoisotopic (exact) mass is 199 g/mol. The molecule has 0 aromatic heterocycles. The molecule has 14 heavy (non-hydrogen) atoms. The predicted molar refractivity (Wildman–Crippen MR) is 60.9 cm³/mol. The van der Waals surface area contributed by atoms with Crippen molar-refractivity contribution in [3.05, 3.63) is 0 Å². The summed E-state index contributed by atoms with van der Waals surface area (Å²) in [7, 11) is 0. The van der Waals surface area contributed by atoms with Crippen molar-refractivity contribution in [1.29, 1.82) is 0 Å². The molecule has 3 N–H and O–H groups in total. The molecule has 3 nitrogen and oxygen atoms in total. The van der Waals surface area contributed by atoms with Gasteiger partial charge in [-0.3, -0.25) is 5.84 Å². The summed E-state index contributed by atoms with van der Waals surface area (Å²) < 4.78 is 0. The fraction of sp³-hybridized carbons (Fsp3) is 1.00. The lowest BCUT2D eigenvalue weighted by atomic mass is 9.93. The standard InChI is InChI=1S/C9H19N3.C2H6/c10-12-6-2-5-9(12)7-11-8-3-1-4-8;1-2/h8-9,11H,1-7,10H2;1-2H3. The Hall–Kier alpha value is -0.120. The third kappa shape index (κ3) is 3.23. The normalized spacial score (nSPS) is 28.1. The smallest absolute Gasteiger partial charge is 0.0366 e. The molecule has 2 fully saturated rings. The Bertz CT molecular complexity index is 145. The molecule has 1 saturated carbocycles. The Kier molecular flexibility index (Phi) is 5.45. The molecule has 1 aliphatic carbocycles. The maximum Gasteiger partial charge on any atom is 0.0366 e. The average Bonchev–Trinajstić information content (AvgIpc) is 2.53. The van der Waals surface area contributed by atoms with Crippen LogP contribution in [0, 0.1) is 0 Å². The zero-order valence-electron chi connectivity index (χ0n) is 9.63. The molecule has 2 aliphatic rings. The summed E-state index contributed by atoms with van der Waals surface area (Å²) in [6.45, 7) is 6.18. The first-order valence-electron chi connectivity index (χ1n) is 6.11. The van der Waals surface area contributed by atoms with E-state index in [0.717, 1.165) is 19.1 Å². The molecule has 0 amide bonds. The molecule has 1 unspecified atom stereocenters. The molecule has 2 rings (SSSR count). The number of hydrogen-bond acceptors (Lipinski definition) is 3. The minimum Gasteiger partial charge on any atom is -0.312 e. The van der Waals surface area contributed by atoms with Gasteiger partial charge in [-0.1, -0.05) is 20.3 Å². The van der Waals surface area contributed by atoms with Gasteiger partial charge in [0.25, 0.3) is 0 Å². The summed E-state index contributed by atoms with van der Waals surface area (Å²) >= 11 is 0. The lowest BCUT2D eigenvalue weighted by Crippen LogP contribution is -2.46. The van der Waals surface area contributed by atoms with E-state index in [4.69, 9.17) is 5.84 Å². The van der Waals surface area contributed by atoms with Crippen molar-refractivity contribution < 1.29 is 0 Å². The van der Waals surface area contributed by atoms with Crippen LogP contribution in [0.5, 0.6) is 0 Å². The second-order valence-electron chi connectivity index (χ2n) is 4.07. The van der Waals surface area contributed by atoms with Crippen LogP contribution in [0.2, 0.25) is 0 Å². The molecule has 1 atom stereocenters. The molecule has 0 aromatic carbocycles. The summed E-state index contributed by atoms with van der Waals surface area (Å²) in [5.41, 5.74) is 0. The van der Waals surface area contributed by atoms with E-state index >= 15 is 0 Å². The molecule has 0 spiro atoms. The molecule has 1 heterocycles. The summed E-state index contributed by atoms with van der Waals surface area (Å²) in [6.07, 6.45) is 6.70. The van der Waals surface area contributed by atoms with Crippen LogP contribution in [0.3, 0.4) is 0 Å². The first kappa shape index (κ1) is 12.0. The minimum absolute atomic E-state index is 0.602. The fourth-order valence-electron chi connectivity index (χ4n) is 1.99. The van der Waals surface area contributed by atoms with Crippen LogP contribution in [0.4, 0.5) is 0 Å². The second-order valence-corrected chi connectivity index (χ2v) is 4.07. The third-order valence-corrected chi connectivity index (χ3v) is 3.17. The Balaban J connectivity index is 0.000000461. The van der Waals surface area contributed by atoms with E-state index in [1.54, 1.807) is 0 Å². The number of hydrogen-bond donors (Lipinski definition) is 2. The van der Waals surface area contributed by atoms with E-state index in [0.29, 0.717) is 6.04 Å². The van der Waals surface area contributed by atoms with E-state index in [-0.39, 0.29) is 0 Å². The summed E-state index contributed by atoms with van der Waals surface area (Å²) in [4.78, 5) is 0. The summed E-state index contributed by atoms with van der Waals surface area (Å²) in [5.74, 6) is 5.82. The van der Waals surface area contributed by atoms with Gasteiger partial charge in [0.2, 0.25) is 0 Å². The van der Waals surface area contributed by atoms with Crippen LogP contribution in [-0.4, -0.2) is 30.2 Å². The molecule has 84 valence electrons. The molecule has 0 radical (unpaired) electrons. The van der Waals surface area contributed by atoms with E-state index in [9.17, 15) is 0 Å². The van der Waals surface area contributed by atoms with Crippen molar-refractivity contribution in [2.45, 2.75) is 58.0 Å². The van der Waals surface area contributed by atoms with Crippen LogP contribution in [0.15, 0.2) is 0 Å². The number of nitrogens with one attached hydrogen (secondary N) is 1. The Morgan fingerprint density at radius 1 is 1.21 bits per heavy atom. The number of hydrazine groups is 1. The highest BCUT2D eigenvalue weighted by atomic mass is 15.4. The van der Waals surface area contributed by atoms with Gasteiger partial charge in [-0.25, -0.2) is 5.01 Å². The van der Waals surface area contributed by atoms with Gasteiger partial charge >= 0.3 is 0 Å². The van der Waals surface area contributed by atoms with Crippen molar-refractivity contribution in [3.8, 4) is 0 Å². The van der Waals surface area contributed by atoms with Gasteiger partial charge in [0, 0.05) is 25.2 Å². The van der Waals surface area contributed by atoms with Crippen molar-refractivity contribution in [1.82, 2.24) is 10.3 Å². The van der Waals surface area contributed by atoms with Crippen LogP contribution >= 0.6 is 0 Å². The lowest BCUT2D eigenvalue weighted by molar-refractivity contribution is 0.233. The van der Waals surface area contributed by atoms with Gasteiger partial charge in [0.1, 0.15) is 0 Å². The predicted octanol–water partition coefficient (Wildman–Crippen LogP) is 1.49. The number of nitrogens with two attached hydrogens (primary N) is 1. The van der Waals surface area contributed by atoms with Gasteiger partial charge in [-0.15, -0.1) is 0 Å². The maximum atomic E-state index is 5.82. The number of nitrogens with zero attached hydrogens (tertiary/aromatic N) is 1. The Morgan fingerprint density at radius 3 is 2.36 bits per heavy atom. The molecule has 0 aromatic rings. The van der Waals surface area contributed by atoms with Gasteiger partial charge in [0.05, 0.1) is 0 Å². The van der Waals surface area contributed by atoms with Crippen molar-refractivity contribution >= 4 is 0 Å². The van der Waals surface area contributed by atoms with Crippen molar-refractivity contribution in [2.24, 2.45) is 5.84 Å². The first-order chi connectivity index (χ1) is 6.86. The SMILES string of the molecule is CC.NN1CCCC1CNC1CCC1. The Morgan fingerprint density at radius 2 is 1.93 bits per heavy atom. The third-order valence-electron chi connectivity index (χ3n) is 3.17. The highest BCUT2D eigenvalue weighted by molar-refractivity contribution is 4.82. The molecule has 0 bridgehead atoms. The van der Waals surface area contributed by atoms with Gasteiger partial charge < -0.3 is 5.32 Å². The largest absolute Gasteiger partial charge is 0.312 e. The summed E-state index contributed by atoms with van der Waals surface area (Å²) in [5, 5.41) is 5.56. The summed E-state index contributed by atoms with van der Waals surface area (Å²) in [6, 6.07) is 1.41. The van der Waals surface area contributed by atoms with Crippen LogP contribution in [0.25, 0.3) is 0 Å². The maximum absolute atomic E-state index is 5.82. The van der Waals surface area contributed by atoms with Crippen LogP contribution in [0.1, 0.15) is 46.0 Å². The van der Waals surface area contributed by atoms with E-state index in [1.165, 1.54) is 32.1 Å². The van der Waals surface area contributed by atoms with Crippen molar-refractivity contribution in [3.63, 3.8) is 0 Å². The Labute approximate surface area is 88.0 Å². The van der Waals surface area contributed by atoms with E-state index in [2.05, 4.69) is 5.32 Å². The van der Waals surface area contributed by atoms with Crippen LogP contribution < -0.4 is 11.2 Å². The fourth-order valence-corrected chi connectivity index (χ4v) is 1.99. The van der Waals surface area contributed by atoms with Gasteiger partial charge in [0.15, 0.2) is 0 Å². The van der Waals surface area contributed by atoms with E-state index in [1.807, 2.05) is 18.9 Å². The molecule has 1 aliphatic heterocycles. The quantitative estimate of drug-likeness (QED) is 0.677. The highest BCUT2D eigenvalue weighted by Gasteiger charge is 2.23. The number of rotatable bonds is 3. The zero-order valence-corrected chi connectivity index (χ0v) is 9.63. The zero-order chi connectivity index (χ0) is 10.4. The van der Waals surface area contributed by atoms with Crippen LogP contribution in [-0.2, 0) is 0 Å². The topological polar surface area (TPSA) is 41.3 Å². The molecular formula is C11H25N3. The average molecular weight is 199 g/mol. The second kappa shape index (κ2) is 6.38. The van der Waals surface area contributed by atoms with E-state index < -0.39 is 0 Å². The van der Waals surface area contributed by atoms with Crippen molar-refractivity contribution in [2.75, 3.05) is 13.1 Å². The van der Waals surface area contributed by atoms with Gasteiger partial charge in [-0.05, 0) is 25.7 Å².